The van der Waals surface area contributed by atoms with E-state index in [2.05, 4.69) is 30.9 Å². The van der Waals surface area contributed by atoms with Crippen LogP contribution in [-0.2, 0) is 18.3 Å². The van der Waals surface area contributed by atoms with Crippen LogP contribution >= 0.6 is 23.8 Å². The Hall–Kier alpha value is -3.49. The van der Waals surface area contributed by atoms with Crippen molar-refractivity contribution in [2.24, 2.45) is 0 Å². The Morgan fingerprint density at radius 3 is 2.58 bits per heavy atom. The molecule has 204 valence electrons. The highest BCUT2D eigenvalue weighted by molar-refractivity contribution is 9.10. The maximum atomic E-state index is 13.9. The maximum absolute atomic E-state index is 13.9. The van der Waals surface area contributed by atoms with Crippen molar-refractivity contribution in [2.75, 3.05) is 6.61 Å². The van der Waals surface area contributed by atoms with Gasteiger partial charge in [0.2, 0.25) is 11.6 Å². The van der Waals surface area contributed by atoms with Crippen LogP contribution in [0.1, 0.15) is 23.7 Å². The minimum absolute atomic E-state index is 0. The molecular formula is C25H19BrN5O8P. The van der Waals surface area contributed by atoms with Gasteiger partial charge in [-0.15, -0.1) is 0 Å². The Labute approximate surface area is 234 Å². The normalized spacial score (nSPS) is 26.4. The molecule has 0 bridgehead atoms. The van der Waals surface area contributed by atoms with Crippen molar-refractivity contribution in [3.8, 4) is 11.3 Å². The number of phosphoric ester groups is 1. The number of aliphatic hydroxyl groups excluding tert-OH is 1. The van der Waals surface area contributed by atoms with Gasteiger partial charge in [-0.3, -0.25) is 18.7 Å². The summed E-state index contributed by atoms with van der Waals surface area (Å²) in [6.45, 7) is -0.342. The molecule has 2 N–H and O–H groups in total. The van der Waals surface area contributed by atoms with E-state index < -0.39 is 43.7 Å². The van der Waals surface area contributed by atoms with E-state index in [0.717, 1.165) is 0 Å². The third-order valence-electron chi connectivity index (χ3n) is 6.89. The molecule has 40 heavy (non-hydrogen) atoms. The summed E-state index contributed by atoms with van der Waals surface area (Å²) in [6.07, 6.45) is -4.78. The number of phosphoric acid groups is 1. The fourth-order valence-electron chi connectivity index (χ4n) is 5.10. The van der Waals surface area contributed by atoms with Gasteiger partial charge in [-0.1, -0.05) is 60.7 Å². The molecule has 5 atom stereocenters. The number of aromatic nitrogens is 5. The molecule has 2 aliphatic heterocycles. The van der Waals surface area contributed by atoms with Gasteiger partial charge in [0.1, 0.15) is 24.0 Å². The third kappa shape index (κ3) is 3.91. The van der Waals surface area contributed by atoms with Gasteiger partial charge >= 0.3 is 1.43 Å². The molecule has 7 rings (SSSR count). The lowest BCUT2D eigenvalue weighted by molar-refractivity contribution is -0.245. The molecule has 2 fully saturated rings. The molecule has 13 nitrogen and oxygen atoms in total. The minimum atomic E-state index is -4.60. The van der Waals surface area contributed by atoms with Crippen molar-refractivity contribution in [3.63, 3.8) is 0 Å². The third-order valence-corrected chi connectivity index (χ3v) is 8.42. The van der Waals surface area contributed by atoms with E-state index in [9.17, 15) is 24.2 Å². The zero-order valence-corrected chi connectivity index (χ0v) is 22.7. The highest BCUT2D eigenvalue weighted by Crippen LogP contribution is 2.50. The number of H-pyrrole nitrogens is 1. The quantitative estimate of drug-likeness (QED) is 0.171. The van der Waals surface area contributed by atoms with Gasteiger partial charge in [0, 0.05) is 11.1 Å². The van der Waals surface area contributed by atoms with Crippen LogP contribution < -0.4 is 10.5 Å². The summed E-state index contributed by atoms with van der Waals surface area (Å²) >= 11 is 3.31. The van der Waals surface area contributed by atoms with Crippen LogP contribution in [0.5, 0.6) is 0 Å². The Morgan fingerprint density at radius 2 is 1.85 bits per heavy atom. The molecule has 2 aliphatic rings. The summed E-state index contributed by atoms with van der Waals surface area (Å²) in [7, 11) is -4.60. The number of ketones is 1. The second-order valence-corrected chi connectivity index (χ2v) is 11.4. The highest BCUT2D eigenvalue weighted by Gasteiger charge is 2.51. The van der Waals surface area contributed by atoms with Crippen molar-refractivity contribution in [2.45, 2.75) is 24.5 Å². The Morgan fingerprint density at radius 1 is 1.15 bits per heavy atom. The molecule has 15 heteroatoms. The zero-order valence-electron chi connectivity index (χ0n) is 21.2. The summed E-state index contributed by atoms with van der Waals surface area (Å²) in [5.41, 5.74) is 0.793. The molecule has 0 spiro atoms. The van der Waals surface area contributed by atoms with Crippen LogP contribution in [0, 0.1) is 0 Å². The van der Waals surface area contributed by atoms with Crippen LogP contribution in [0.2, 0.25) is 0 Å². The minimum Gasteiger partial charge on any atom is -0.756 e. The fourth-order valence-corrected chi connectivity index (χ4v) is 6.59. The number of fused-ring (bicyclic) bond motifs is 3. The van der Waals surface area contributed by atoms with E-state index >= 15 is 0 Å². The lowest BCUT2D eigenvalue weighted by Gasteiger charge is -2.34. The number of imidazole rings is 2. The number of nitrogens with one attached hydrogen (secondary N) is 1. The van der Waals surface area contributed by atoms with Crippen LogP contribution in [-0.4, -0.2) is 59.7 Å². The van der Waals surface area contributed by atoms with E-state index in [-0.39, 0.29) is 35.4 Å². The number of hydrogen-bond donors (Lipinski definition) is 2. The number of rotatable bonds is 4. The van der Waals surface area contributed by atoms with E-state index in [1.807, 2.05) is 18.2 Å². The second-order valence-electron chi connectivity index (χ2n) is 9.28. The van der Waals surface area contributed by atoms with E-state index in [4.69, 9.17) is 13.8 Å². The average Bonchev–Trinajstić information content (AvgIpc) is 3.60. The number of aromatic amines is 1. The second kappa shape index (κ2) is 9.28. The number of hydrogen-bond acceptors (Lipinski definition) is 10. The van der Waals surface area contributed by atoms with Crippen molar-refractivity contribution in [3.05, 3.63) is 87.0 Å². The standard InChI is InChI=1S/C25H19BrN5O8P/c26-24-27-16-21(31(24)23-19(33)20-14(38-23)11-37-40(35,36)39-20)29-25-28-15(12-7-3-1-4-8-12)17(30(25)22(16)34)18(32)13-9-5-2-6-10-13/h1-10,14,19-20,23,33H,11H2,(H,28,29)(H,35,36)/t14?,19?,20-,23-/m1/s1. The topological polar surface area (TPSA) is 173 Å². The lowest BCUT2D eigenvalue weighted by atomic mass is 10.0. The summed E-state index contributed by atoms with van der Waals surface area (Å²) in [5.74, 6) is -0.344. The molecule has 2 saturated heterocycles. The highest BCUT2D eigenvalue weighted by atomic mass is 79.9. The van der Waals surface area contributed by atoms with Gasteiger partial charge in [-0.2, -0.15) is 4.98 Å². The van der Waals surface area contributed by atoms with Crippen LogP contribution in [0.25, 0.3) is 28.2 Å². The summed E-state index contributed by atoms with van der Waals surface area (Å²) < 4.78 is 29.9. The van der Waals surface area contributed by atoms with Gasteiger partial charge in [-0.05, 0) is 15.9 Å². The van der Waals surface area contributed by atoms with Crippen LogP contribution in [0.3, 0.4) is 0 Å². The number of carbonyl (C=O) groups excluding carboxylic acids is 1. The molecule has 5 aromatic rings. The van der Waals surface area contributed by atoms with Crippen molar-refractivity contribution >= 4 is 46.5 Å². The molecular weight excluding hydrogens is 609 g/mol. The SMILES string of the molecule is O=C(c1ccccc1)c1c(-c2ccccc2)[nH]c2nc3c(nc(Br)n3[C@@H]3OC4COP(=O)([O-])O[C@H]4C3O)c(=O)n12.[H+]. The first-order valence-corrected chi connectivity index (χ1v) is 14.3. The molecule has 0 aliphatic carbocycles. The van der Waals surface area contributed by atoms with Crippen molar-refractivity contribution < 1.29 is 34.6 Å². The number of benzene rings is 2. The predicted molar refractivity (Wildman–Crippen MR) is 142 cm³/mol. The first kappa shape index (κ1) is 25.5. The van der Waals surface area contributed by atoms with Gasteiger partial charge in [-0.25, -0.2) is 9.38 Å². The van der Waals surface area contributed by atoms with Gasteiger partial charge in [0.15, 0.2) is 22.1 Å². The number of ether oxygens (including phenoxy) is 1. The van der Waals surface area contributed by atoms with E-state index in [1.165, 1.54) is 8.97 Å². The zero-order chi connectivity index (χ0) is 27.8. The molecule has 3 aromatic heterocycles. The first-order chi connectivity index (χ1) is 19.2. The van der Waals surface area contributed by atoms with Crippen molar-refractivity contribution in [1.82, 2.24) is 23.9 Å². The number of carbonyl (C=O) groups is 1. The molecule has 5 heterocycles. The first-order valence-electron chi connectivity index (χ1n) is 12.1. The molecule has 0 radical (unpaired) electrons. The Bertz CT molecular complexity index is 1910. The summed E-state index contributed by atoms with van der Waals surface area (Å²) in [6, 6.07) is 17.6. The van der Waals surface area contributed by atoms with Crippen LogP contribution in [0.15, 0.2) is 70.2 Å². The van der Waals surface area contributed by atoms with Gasteiger partial charge in [0.25, 0.3) is 13.4 Å². The molecule has 0 saturated carbocycles. The number of halogens is 1. The fraction of sp³-hybridized carbons (Fsp3) is 0.200. The Balaban J connectivity index is 0.00000302. The Kier molecular flexibility index (Phi) is 5.91. The number of aliphatic hydroxyl groups is 1. The number of nitrogens with zero attached hydrogens (tertiary/aromatic N) is 4. The maximum Gasteiger partial charge on any atom is 1.00 e. The summed E-state index contributed by atoms with van der Waals surface area (Å²) in [4.78, 5) is 51.5. The van der Waals surface area contributed by atoms with E-state index in [0.29, 0.717) is 16.8 Å². The smallest absolute Gasteiger partial charge is 0.756 e. The lowest BCUT2D eigenvalue weighted by Crippen LogP contribution is -2.41. The monoisotopic (exact) mass is 627 g/mol. The molecule has 3 unspecified atom stereocenters. The van der Waals surface area contributed by atoms with Crippen molar-refractivity contribution in [1.29, 1.82) is 0 Å². The average molecular weight is 628 g/mol. The van der Waals surface area contributed by atoms with E-state index in [1.54, 1.807) is 42.5 Å². The largest absolute Gasteiger partial charge is 1.00 e. The summed E-state index contributed by atoms with van der Waals surface area (Å²) in [5, 5.41) is 11.0. The van der Waals surface area contributed by atoms with Crippen LogP contribution in [0.4, 0.5) is 0 Å². The predicted octanol–water partition coefficient (Wildman–Crippen LogP) is 2.29. The van der Waals surface area contributed by atoms with Gasteiger partial charge in [0.05, 0.1) is 12.3 Å². The van der Waals surface area contributed by atoms with Gasteiger partial charge < -0.3 is 28.8 Å². The molecule has 0 amide bonds. The molecule has 2 aromatic carbocycles.